The number of hydrogen-bond donors (Lipinski definition) is 3. The minimum atomic E-state index is -2.37. The maximum Gasteiger partial charge on any atom is 0.224 e. The van der Waals surface area contributed by atoms with Crippen LogP contribution in [0.4, 0.5) is 17.7 Å². The van der Waals surface area contributed by atoms with Crippen molar-refractivity contribution in [3.05, 3.63) is 0 Å². The predicted octanol–water partition coefficient (Wildman–Crippen LogP) is 7.90. The lowest BCUT2D eigenvalue weighted by molar-refractivity contribution is -0.0461. The van der Waals surface area contributed by atoms with Crippen molar-refractivity contribution in [3.8, 4) is 0 Å². The van der Waals surface area contributed by atoms with Gasteiger partial charge in [-0.3, -0.25) is 4.57 Å². The first-order valence-electron chi connectivity index (χ1n) is 16.6. The monoisotopic (exact) mass is 695 g/mol. The standard InChI is InChI=1S/C32H65N7O4Si3/c1-29(2,3)38-28-35-21-24(33)36-27(34)37-25(21)39(28)26-23(43-46(17,18)32(10,11)12)22(42-45(15,16)31(7,8)9)20(41-26)19-40-44(13,14)30(4,5)6/h20,22-23,26H,19H2,1-18H3,(H,35,38)(H4,33,34,36,37)/t20-,22-,23-,26-/m1/s1. The third-order valence-corrected chi connectivity index (χ3v) is 23.9. The van der Waals surface area contributed by atoms with Gasteiger partial charge in [-0.25, -0.2) is 4.98 Å². The van der Waals surface area contributed by atoms with Crippen molar-refractivity contribution in [1.82, 2.24) is 19.5 Å². The molecule has 0 saturated carbocycles. The number of nitrogens with one attached hydrogen (secondary N) is 1. The van der Waals surface area contributed by atoms with Gasteiger partial charge in [-0.1, -0.05) is 62.3 Å². The van der Waals surface area contributed by atoms with Gasteiger partial charge < -0.3 is 34.8 Å². The van der Waals surface area contributed by atoms with Gasteiger partial charge in [0.15, 0.2) is 48.2 Å². The van der Waals surface area contributed by atoms with Gasteiger partial charge in [0.1, 0.15) is 18.3 Å². The van der Waals surface area contributed by atoms with E-state index >= 15 is 0 Å². The zero-order valence-corrected chi connectivity index (χ0v) is 35.1. The van der Waals surface area contributed by atoms with E-state index in [-0.39, 0.29) is 32.4 Å². The van der Waals surface area contributed by atoms with Crippen molar-refractivity contribution >= 4 is 53.8 Å². The Morgan fingerprint density at radius 1 is 0.717 bits per heavy atom. The van der Waals surface area contributed by atoms with Gasteiger partial charge in [0.25, 0.3) is 0 Å². The third-order valence-electron chi connectivity index (χ3n) is 10.5. The summed E-state index contributed by atoms with van der Waals surface area (Å²) in [5.41, 5.74) is 13.2. The molecule has 1 aliphatic rings. The molecule has 264 valence electrons. The summed E-state index contributed by atoms with van der Waals surface area (Å²) in [6.07, 6.45) is -1.94. The summed E-state index contributed by atoms with van der Waals surface area (Å²) in [4.78, 5) is 13.8. The fraction of sp³-hybridized carbons (Fsp3) is 0.844. The molecule has 11 nitrogen and oxygen atoms in total. The fourth-order valence-electron chi connectivity index (χ4n) is 4.54. The van der Waals surface area contributed by atoms with Crippen LogP contribution >= 0.6 is 0 Å². The molecule has 3 heterocycles. The van der Waals surface area contributed by atoms with Crippen LogP contribution in [0.2, 0.25) is 54.4 Å². The number of nitrogens with zero attached hydrogens (tertiary/aromatic N) is 4. The predicted molar refractivity (Wildman–Crippen MR) is 199 cm³/mol. The molecule has 0 radical (unpaired) electrons. The Morgan fingerprint density at radius 2 is 1.20 bits per heavy atom. The van der Waals surface area contributed by atoms with Gasteiger partial charge >= 0.3 is 0 Å². The van der Waals surface area contributed by atoms with E-state index in [0.29, 0.717) is 23.7 Å². The lowest BCUT2D eigenvalue weighted by Gasteiger charge is -2.44. The van der Waals surface area contributed by atoms with E-state index in [0.717, 1.165) is 0 Å². The first-order valence-corrected chi connectivity index (χ1v) is 25.4. The van der Waals surface area contributed by atoms with Crippen LogP contribution in [0.3, 0.4) is 0 Å². The molecule has 1 aliphatic heterocycles. The minimum absolute atomic E-state index is 0.0335. The normalized spacial score (nSPS) is 22.6. The van der Waals surface area contributed by atoms with Crippen molar-refractivity contribution in [2.45, 2.75) is 168 Å². The Labute approximate surface area is 281 Å². The van der Waals surface area contributed by atoms with E-state index < -0.39 is 49.5 Å². The van der Waals surface area contributed by atoms with Gasteiger partial charge in [-0.2, -0.15) is 9.97 Å². The molecule has 1 fully saturated rings. The third kappa shape index (κ3) is 8.17. The van der Waals surface area contributed by atoms with Crippen LogP contribution in [0.25, 0.3) is 11.2 Å². The van der Waals surface area contributed by atoms with Crippen molar-refractivity contribution in [2.24, 2.45) is 0 Å². The smallest absolute Gasteiger partial charge is 0.224 e. The number of anilines is 3. The Kier molecular flexibility index (Phi) is 10.5. The highest BCUT2D eigenvalue weighted by atomic mass is 28.4. The zero-order chi connectivity index (χ0) is 35.6. The molecule has 14 heteroatoms. The van der Waals surface area contributed by atoms with Crippen LogP contribution in [0.1, 0.15) is 89.3 Å². The highest BCUT2D eigenvalue weighted by molar-refractivity contribution is 6.75. The number of hydrogen-bond acceptors (Lipinski definition) is 10. The van der Waals surface area contributed by atoms with E-state index in [1.165, 1.54) is 0 Å². The maximum absolute atomic E-state index is 7.38. The highest BCUT2D eigenvalue weighted by Gasteiger charge is 2.55. The molecule has 0 unspecified atom stereocenters. The summed E-state index contributed by atoms with van der Waals surface area (Å²) in [6, 6.07) is 0. The summed E-state index contributed by atoms with van der Waals surface area (Å²) in [5.74, 6) is 0.838. The Bertz CT molecular complexity index is 1390. The first-order chi connectivity index (χ1) is 20.4. The molecule has 3 rings (SSSR count). The molecular weight excluding hydrogens is 631 g/mol. The van der Waals surface area contributed by atoms with Crippen LogP contribution in [0.5, 0.6) is 0 Å². The van der Waals surface area contributed by atoms with E-state index in [1.54, 1.807) is 0 Å². The molecular formula is C32H65N7O4Si3. The molecule has 0 spiro atoms. The average Bonchev–Trinajstić information content (AvgIpc) is 3.31. The van der Waals surface area contributed by atoms with Crippen LogP contribution in [0, 0.1) is 0 Å². The quantitative estimate of drug-likeness (QED) is 0.221. The SMILES string of the molecule is CC(C)(C)Nc1nc2c(N)nc(N)nc2n1[C@@H]1O[C@H](CO[Si](C)(C)C(C)(C)C)[C@@H](O[Si](C)(C)C(C)(C)C)[C@H]1O[Si](C)(C)C(C)(C)C. The van der Waals surface area contributed by atoms with E-state index in [1.807, 2.05) is 4.57 Å². The van der Waals surface area contributed by atoms with E-state index in [9.17, 15) is 0 Å². The molecule has 46 heavy (non-hydrogen) atoms. The molecule has 0 aliphatic carbocycles. The molecule has 2 aromatic rings. The summed E-state index contributed by atoms with van der Waals surface area (Å²) >= 11 is 0. The van der Waals surface area contributed by atoms with Crippen molar-refractivity contribution in [3.63, 3.8) is 0 Å². The van der Waals surface area contributed by atoms with Crippen LogP contribution in [-0.4, -0.2) is 74.9 Å². The fourth-order valence-corrected chi connectivity index (χ4v) is 8.15. The second kappa shape index (κ2) is 12.4. The minimum Gasteiger partial charge on any atom is -0.414 e. The number of fused-ring (bicyclic) bond motifs is 1. The Morgan fingerprint density at radius 3 is 1.65 bits per heavy atom. The maximum atomic E-state index is 7.38. The highest BCUT2D eigenvalue weighted by Crippen LogP contribution is 2.48. The number of rotatable bonds is 9. The number of nitrogens with two attached hydrogens (primary N) is 2. The Hall–Kier alpha value is -1.56. The van der Waals surface area contributed by atoms with Gasteiger partial charge in [0.2, 0.25) is 11.9 Å². The van der Waals surface area contributed by atoms with Crippen molar-refractivity contribution in [1.29, 1.82) is 0 Å². The number of aromatic nitrogens is 4. The second-order valence-corrected chi connectivity index (χ2v) is 33.0. The topological polar surface area (TPSA) is 145 Å². The number of imidazole rings is 1. The molecule has 2 aromatic heterocycles. The van der Waals surface area contributed by atoms with E-state index in [2.05, 4.69) is 138 Å². The van der Waals surface area contributed by atoms with Crippen molar-refractivity contribution < 1.29 is 18.0 Å². The molecule has 0 amide bonds. The summed E-state index contributed by atoms with van der Waals surface area (Å²) in [5, 5.41) is 3.50. The van der Waals surface area contributed by atoms with Gasteiger partial charge in [-0.05, 0) is 75.2 Å². The van der Waals surface area contributed by atoms with Gasteiger partial charge in [-0.15, -0.1) is 0 Å². The molecule has 4 atom stereocenters. The van der Waals surface area contributed by atoms with Gasteiger partial charge in [0.05, 0.1) is 6.61 Å². The van der Waals surface area contributed by atoms with E-state index in [4.69, 9.17) is 34.5 Å². The van der Waals surface area contributed by atoms with Crippen LogP contribution < -0.4 is 16.8 Å². The molecule has 0 bridgehead atoms. The Balaban J connectivity index is 2.33. The van der Waals surface area contributed by atoms with Crippen LogP contribution in [-0.2, 0) is 18.0 Å². The summed E-state index contributed by atoms with van der Waals surface area (Å²) in [6.45, 7) is 40.5. The lowest BCUT2D eigenvalue weighted by Crippen LogP contribution is -2.54. The summed E-state index contributed by atoms with van der Waals surface area (Å²) in [7, 11) is -6.82. The van der Waals surface area contributed by atoms with Crippen molar-refractivity contribution in [2.75, 3.05) is 23.4 Å². The molecule has 0 aromatic carbocycles. The lowest BCUT2D eigenvalue weighted by atomic mass is 10.1. The first kappa shape index (κ1) is 38.9. The second-order valence-electron chi connectivity index (χ2n) is 18.6. The molecule has 5 N–H and O–H groups in total. The van der Waals surface area contributed by atoms with Crippen LogP contribution in [0.15, 0.2) is 0 Å². The average molecular weight is 696 g/mol. The van der Waals surface area contributed by atoms with Gasteiger partial charge in [0, 0.05) is 5.54 Å². The summed E-state index contributed by atoms with van der Waals surface area (Å²) < 4.78 is 30.7. The number of nitrogen functional groups attached to an aromatic ring is 2. The zero-order valence-electron chi connectivity index (χ0n) is 32.1. The largest absolute Gasteiger partial charge is 0.414 e. The number of ether oxygens (including phenoxy) is 1. The molecule has 1 saturated heterocycles.